The van der Waals surface area contributed by atoms with E-state index in [2.05, 4.69) is 15.2 Å². The molecule has 0 atom stereocenters. The summed E-state index contributed by atoms with van der Waals surface area (Å²) < 4.78 is 5.39. The topological polar surface area (TPSA) is 71.1 Å². The van der Waals surface area contributed by atoms with Gasteiger partial charge in [0, 0.05) is 18.0 Å². The number of carbonyl (C=O) groups is 1. The van der Waals surface area contributed by atoms with E-state index in [1.165, 1.54) is 16.7 Å². The Hall–Kier alpha value is -2.87. The van der Waals surface area contributed by atoms with E-state index in [4.69, 9.17) is 27.6 Å². The van der Waals surface area contributed by atoms with Crippen molar-refractivity contribution < 1.29 is 9.21 Å². The first-order chi connectivity index (χ1) is 14.6. The average Bonchev–Trinajstić information content (AvgIpc) is 3.36. The molecule has 9 heteroatoms. The standard InChI is InChI=1S/C21H14Cl2N4O2S/c22-17-7-1-5-15(19(17)23)10-18-20(28)27(13-16-6-3-9-29-16)21(30-18)26-25-12-14-4-2-8-24-11-14/h1-12H,13H2/b18-10-,25-12-,26-21+. The highest BCUT2D eigenvalue weighted by Crippen LogP contribution is 2.36. The molecule has 1 fully saturated rings. The largest absolute Gasteiger partial charge is 0.467 e. The second-order valence-corrected chi connectivity index (χ2v) is 7.93. The first-order valence-corrected chi connectivity index (χ1v) is 10.4. The molecule has 3 heterocycles. The van der Waals surface area contributed by atoms with E-state index in [-0.39, 0.29) is 12.5 Å². The van der Waals surface area contributed by atoms with Crippen molar-refractivity contribution in [2.75, 3.05) is 0 Å². The van der Waals surface area contributed by atoms with Crippen LogP contribution in [0.3, 0.4) is 0 Å². The Labute approximate surface area is 186 Å². The predicted octanol–water partition coefficient (Wildman–Crippen LogP) is 5.49. The molecule has 1 saturated heterocycles. The number of pyridine rings is 1. The molecule has 1 aliphatic rings. The number of nitrogens with zero attached hydrogens (tertiary/aromatic N) is 4. The number of halogens is 2. The summed E-state index contributed by atoms with van der Waals surface area (Å²) in [6.07, 6.45) is 8.18. The second kappa shape index (κ2) is 9.30. The van der Waals surface area contributed by atoms with Crippen LogP contribution >= 0.6 is 35.0 Å². The van der Waals surface area contributed by atoms with E-state index in [1.807, 2.05) is 6.07 Å². The number of benzene rings is 1. The van der Waals surface area contributed by atoms with Crippen molar-refractivity contribution in [2.45, 2.75) is 6.54 Å². The Morgan fingerprint density at radius 3 is 2.83 bits per heavy atom. The van der Waals surface area contributed by atoms with Gasteiger partial charge in [-0.05, 0) is 47.7 Å². The lowest BCUT2D eigenvalue weighted by atomic mass is 10.2. The molecule has 1 amide bonds. The zero-order valence-electron chi connectivity index (χ0n) is 15.4. The van der Waals surface area contributed by atoms with Crippen LogP contribution in [0.4, 0.5) is 0 Å². The number of amides is 1. The summed E-state index contributed by atoms with van der Waals surface area (Å²) in [5.41, 5.74) is 1.45. The number of amidine groups is 1. The maximum Gasteiger partial charge on any atom is 0.267 e. The minimum absolute atomic E-state index is 0.220. The van der Waals surface area contributed by atoms with E-state index < -0.39 is 0 Å². The molecule has 6 nitrogen and oxygen atoms in total. The SMILES string of the molecule is O=C1/C(=C/c2cccc(Cl)c2Cl)S/C(=N/N=C\c2cccnc2)N1Cc1ccco1. The van der Waals surface area contributed by atoms with Crippen LogP contribution < -0.4 is 0 Å². The van der Waals surface area contributed by atoms with Gasteiger partial charge in [-0.15, -0.1) is 5.10 Å². The number of hydrogen-bond acceptors (Lipinski definition) is 6. The second-order valence-electron chi connectivity index (χ2n) is 6.14. The van der Waals surface area contributed by atoms with Crippen LogP contribution in [0, 0.1) is 0 Å². The van der Waals surface area contributed by atoms with Gasteiger partial charge in [-0.2, -0.15) is 5.10 Å². The summed E-state index contributed by atoms with van der Waals surface area (Å²) in [7, 11) is 0. The third-order valence-corrected chi connectivity index (χ3v) is 5.92. The van der Waals surface area contributed by atoms with Gasteiger partial charge in [0.2, 0.25) is 0 Å². The minimum atomic E-state index is -0.220. The monoisotopic (exact) mass is 456 g/mol. The van der Waals surface area contributed by atoms with E-state index in [0.29, 0.717) is 31.4 Å². The molecule has 0 saturated carbocycles. The first kappa shape index (κ1) is 20.4. The molecule has 0 spiro atoms. The first-order valence-electron chi connectivity index (χ1n) is 8.80. The van der Waals surface area contributed by atoms with Gasteiger partial charge in [-0.3, -0.25) is 14.7 Å². The number of carbonyl (C=O) groups excluding carboxylic acids is 1. The fourth-order valence-electron chi connectivity index (χ4n) is 2.65. The van der Waals surface area contributed by atoms with E-state index in [0.717, 1.165) is 5.56 Å². The highest BCUT2D eigenvalue weighted by molar-refractivity contribution is 8.18. The van der Waals surface area contributed by atoms with Gasteiger partial charge < -0.3 is 4.42 Å². The van der Waals surface area contributed by atoms with Crippen molar-refractivity contribution in [3.63, 3.8) is 0 Å². The fraction of sp³-hybridized carbons (Fsp3) is 0.0476. The summed E-state index contributed by atoms with van der Waals surface area (Å²) in [4.78, 5) is 19.1. The van der Waals surface area contributed by atoms with Crippen LogP contribution in [0.1, 0.15) is 16.9 Å². The number of hydrogen-bond donors (Lipinski definition) is 0. The van der Waals surface area contributed by atoms with Crippen LogP contribution in [-0.4, -0.2) is 27.2 Å². The van der Waals surface area contributed by atoms with Crippen molar-refractivity contribution in [1.82, 2.24) is 9.88 Å². The third kappa shape index (κ3) is 4.64. The van der Waals surface area contributed by atoms with Crippen molar-refractivity contribution >= 4 is 58.3 Å². The van der Waals surface area contributed by atoms with E-state index in [1.54, 1.807) is 67.3 Å². The van der Waals surface area contributed by atoms with Gasteiger partial charge in [-0.25, -0.2) is 0 Å². The average molecular weight is 457 g/mol. The van der Waals surface area contributed by atoms with Gasteiger partial charge in [0.05, 0.1) is 34.0 Å². The van der Waals surface area contributed by atoms with Gasteiger partial charge >= 0.3 is 0 Å². The van der Waals surface area contributed by atoms with Crippen LogP contribution in [0.25, 0.3) is 6.08 Å². The fourth-order valence-corrected chi connectivity index (χ4v) is 3.94. The number of aromatic nitrogens is 1. The molecule has 2 aromatic heterocycles. The lowest BCUT2D eigenvalue weighted by Gasteiger charge is -2.12. The van der Waals surface area contributed by atoms with Gasteiger partial charge in [0.25, 0.3) is 5.91 Å². The van der Waals surface area contributed by atoms with Crippen molar-refractivity contribution in [2.24, 2.45) is 10.2 Å². The molecule has 150 valence electrons. The van der Waals surface area contributed by atoms with E-state index in [9.17, 15) is 4.79 Å². The zero-order valence-corrected chi connectivity index (χ0v) is 17.7. The minimum Gasteiger partial charge on any atom is -0.467 e. The summed E-state index contributed by atoms with van der Waals surface area (Å²) in [6.45, 7) is 0.237. The third-order valence-electron chi connectivity index (χ3n) is 4.08. The molecule has 0 aliphatic carbocycles. The number of thioether (sulfide) groups is 1. The van der Waals surface area contributed by atoms with Gasteiger partial charge in [-0.1, -0.05) is 41.4 Å². The van der Waals surface area contributed by atoms with Gasteiger partial charge in [0.15, 0.2) is 5.17 Å². The number of furan rings is 1. The quantitative estimate of drug-likeness (QED) is 0.289. The lowest BCUT2D eigenvalue weighted by Crippen LogP contribution is -2.28. The van der Waals surface area contributed by atoms with Crippen LogP contribution in [0.15, 0.2) is 80.6 Å². The molecule has 0 N–H and O–H groups in total. The molecule has 4 rings (SSSR count). The molecule has 0 radical (unpaired) electrons. The molecule has 0 bridgehead atoms. The Kier molecular flexibility index (Phi) is 6.32. The van der Waals surface area contributed by atoms with Crippen LogP contribution in [-0.2, 0) is 11.3 Å². The summed E-state index contributed by atoms with van der Waals surface area (Å²) >= 11 is 13.6. The Bertz CT molecular complexity index is 1150. The highest BCUT2D eigenvalue weighted by atomic mass is 35.5. The number of rotatable bonds is 5. The van der Waals surface area contributed by atoms with Crippen molar-refractivity contribution in [3.05, 3.63) is 93.0 Å². The molecule has 1 aromatic carbocycles. The zero-order chi connectivity index (χ0) is 20.9. The van der Waals surface area contributed by atoms with Gasteiger partial charge in [0.1, 0.15) is 5.76 Å². The van der Waals surface area contributed by atoms with Crippen LogP contribution in [0.5, 0.6) is 0 Å². The van der Waals surface area contributed by atoms with Crippen molar-refractivity contribution in [1.29, 1.82) is 0 Å². The molecule has 1 aliphatic heterocycles. The van der Waals surface area contributed by atoms with E-state index >= 15 is 0 Å². The predicted molar refractivity (Wildman–Crippen MR) is 121 cm³/mol. The Morgan fingerprint density at radius 2 is 2.07 bits per heavy atom. The summed E-state index contributed by atoms with van der Waals surface area (Å²) in [5, 5.41) is 9.60. The smallest absolute Gasteiger partial charge is 0.267 e. The van der Waals surface area contributed by atoms with Crippen LogP contribution in [0.2, 0.25) is 10.0 Å². The summed E-state index contributed by atoms with van der Waals surface area (Å²) in [6, 6.07) is 12.5. The summed E-state index contributed by atoms with van der Waals surface area (Å²) in [5.74, 6) is 0.415. The Balaban J connectivity index is 1.65. The van der Waals surface area contributed by atoms with Crippen molar-refractivity contribution in [3.8, 4) is 0 Å². The normalized spacial score (nSPS) is 17.0. The molecule has 3 aromatic rings. The lowest BCUT2D eigenvalue weighted by molar-refractivity contribution is -0.122. The molecular weight excluding hydrogens is 443 g/mol. The highest BCUT2D eigenvalue weighted by Gasteiger charge is 2.34. The maximum atomic E-state index is 13.1. The molecule has 0 unspecified atom stereocenters. The maximum absolute atomic E-state index is 13.1. The Morgan fingerprint density at radius 1 is 1.17 bits per heavy atom. The molecular formula is C21H14Cl2N4O2S. The molecule has 30 heavy (non-hydrogen) atoms.